The van der Waals surface area contributed by atoms with E-state index in [0.29, 0.717) is 6.54 Å². The normalized spacial score (nSPS) is 12.3. The van der Waals surface area contributed by atoms with Crippen LogP contribution in [0.2, 0.25) is 0 Å². The number of methoxy groups -OCH3 is 2. The van der Waals surface area contributed by atoms with Gasteiger partial charge in [-0.3, -0.25) is 4.99 Å². The Kier molecular flexibility index (Phi) is 6.16. The third kappa shape index (κ3) is 4.09. The Morgan fingerprint density at radius 1 is 1.11 bits per heavy atom. The number of hydrogen-bond donors (Lipinski definition) is 1. The zero-order chi connectivity index (χ0) is 20.1. The summed E-state index contributed by atoms with van der Waals surface area (Å²) < 4.78 is 12.8. The molecule has 3 aromatic rings. The summed E-state index contributed by atoms with van der Waals surface area (Å²) in [4.78, 5) is 5.37. The molecule has 0 atom stereocenters. The van der Waals surface area contributed by atoms with Crippen LogP contribution in [0.4, 0.5) is 0 Å². The molecule has 0 saturated carbocycles. The number of hydrogen-bond acceptors (Lipinski definition) is 6. The molecule has 0 radical (unpaired) electrons. The van der Waals surface area contributed by atoms with Gasteiger partial charge in [0, 0.05) is 17.5 Å². The molecule has 3 rings (SSSR count). The molecule has 7 heteroatoms. The summed E-state index contributed by atoms with van der Waals surface area (Å²) in [6, 6.07) is 12.6. The number of nitrogens with zero attached hydrogens (tertiary/aromatic N) is 3. The molecule has 0 aliphatic carbocycles. The molecule has 1 heterocycles. The molecule has 0 bridgehead atoms. The highest BCUT2D eigenvalue weighted by Crippen LogP contribution is 2.33. The van der Waals surface area contributed by atoms with E-state index >= 15 is 0 Å². The van der Waals surface area contributed by atoms with Gasteiger partial charge in [-0.1, -0.05) is 0 Å². The van der Waals surface area contributed by atoms with E-state index in [4.69, 9.17) is 14.6 Å². The van der Waals surface area contributed by atoms with E-state index in [1.807, 2.05) is 54.2 Å². The van der Waals surface area contributed by atoms with Gasteiger partial charge in [-0.25, -0.2) is 4.68 Å². The molecule has 28 heavy (non-hydrogen) atoms. The van der Waals surface area contributed by atoms with E-state index in [2.05, 4.69) is 4.99 Å². The van der Waals surface area contributed by atoms with Gasteiger partial charge in [-0.15, -0.1) is 11.3 Å². The van der Waals surface area contributed by atoms with Crippen molar-refractivity contribution in [1.29, 1.82) is 0 Å². The highest BCUT2D eigenvalue weighted by Gasteiger charge is 2.14. The maximum atomic E-state index is 9.52. The Morgan fingerprint density at radius 3 is 2.50 bits per heavy atom. The van der Waals surface area contributed by atoms with Crippen molar-refractivity contribution in [2.45, 2.75) is 13.8 Å². The smallest absolute Gasteiger partial charge is 0.206 e. The molecule has 0 unspecified atom stereocenters. The van der Waals surface area contributed by atoms with Gasteiger partial charge < -0.3 is 14.6 Å². The van der Waals surface area contributed by atoms with Crippen molar-refractivity contribution < 1.29 is 14.6 Å². The molecule has 6 nitrogen and oxygen atoms in total. The van der Waals surface area contributed by atoms with Crippen LogP contribution in [0.3, 0.4) is 0 Å². The first-order chi connectivity index (χ1) is 13.6. The third-order valence-corrected chi connectivity index (χ3v) is 5.05. The zero-order valence-electron chi connectivity index (χ0n) is 16.3. The molecule has 0 spiro atoms. The first-order valence-electron chi connectivity index (χ1n) is 8.85. The van der Waals surface area contributed by atoms with Gasteiger partial charge in [0.1, 0.15) is 17.2 Å². The molecule has 0 amide bonds. The number of aromatic hydroxyl groups is 1. The van der Waals surface area contributed by atoms with E-state index in [1.54, 1.807) is 26.4 Å². The van der Waals surface area contributed by atoms with Gasteiger partial charge in [0.2, 0.25) is 4.80 Å². The summed E-state index contributed by atoms with van der Waals surface area (Å²) in [7, 11) is 3.28. The topological polar surface area (TPSA) is 68.3 Å². The molecule has 146 valence electrons. The molecule has 2 aromatic carbocycles. The van der Waals surface area contributed by atoms with Gasteiger partial charge in [-0.05, 0) is 61.9 Å². The Bertz CT molecular complexity index is 1050. The van der Waals surface area contributed by atoms with Crippen LogP contribution >= 0.6 is 11.3 Å². The highest BCUT2D eigenvalue weighted by molar-refractivity contribution is 7.07. The van der Waals surface area contributed by atoms with Crippen LogP contribution in [0.25, 0.3) is 11.3 Å². The number of phenolic OH excluding ortho intramolecular Hbond substituents is 1. The van der Waals surface area contributed by atoms with Gasteiger partial charge >= 0.3 is 0 Å². The van der Waals surface area contributed by atoms with Crippen LogP contribution in [-0.4, -0.2) is 36.3 Å². The highest BCUT2D eigenvalue weighted by atomic mass is 32.1. The fraction of sp³-hybridized carbons (Fsp3) is 0.238. The summed E-state index contributed by atoms with van der Waals surface area (Å²) in [6.45, 7) is 4.58. The summed E-state index contributed by atoms with van der Waals surface area (Å²) >= 11 is 1.52. The standard InChI is InChI=1S/C21H23N3O3S/c1-5-22-21-24(23-14(2)15-6-8-16(25)9-7-15)19(13-28-21)18-12-17(26-3)10-11-20(18)27-4/h6-13,25H,5H2,1-4H3. The Labute approximate surface area is 168 Å². The lowest BCUT2D eigenvalue weighted by atomic mass is 10.1. The quantitative estimate of drug-likeness (QED) is 0.636. The van der Waals surface area contributed by atoms with Crippen molar-refractivity contribution in [3.63, 3.8) is 0 Å². The second kappa shape index (κ2) is 8.75. The summed E-state index contributed by atoms with van der Waals surface area (Å²) in [5.41, 5.74) is 3.46. The van der Waals surface area contributed by atoms with Crippen LogP contribution in [0, 0.1) is 0 Å². The van der Waals surface area contributed by atoms with E-state index < -0.39 is 0 Å². The predicted molar refractivity (Wildman–Crippen MR) is 113 cm³/mol. The molecule has 1 aromatic heterocycles. The average Bonchev–Trinajstić information content (AvgIpc) is 3.10. The van der Waals surface area contributed by atoms with Crippen molar-refractivity contribution >= 4 is 17.0 Å². The van der Waals surface area contributed by atoms with Gasteiger partial charge in [0.05, 0.1) is 25.6 Å². The van der Waals surface area contributed by atoms with E-state index in [9.17, 15) is 5.11 Å². The number of phenols is 1. The zero-order valence-corrected chi connectivity index (χ0v) is 17.2. The first kappa shape index (κ1) is 19.7. The van der Waals surface area contributed by atoms with Crippen LogP contribution in [0.15, 0.2) is 57.9 Å². The van der Waals surface area contributed by atoms with Crippen LogP contribution in [-0.2, 0) is 0 Å². The minimum Gasteiger partial charge on any atom is -0.508 e. The monoisotopic (exact) mass is 397 g/mol. The lowest BCUT2D eigenvalue weighted by molar-refractivity contribution is 0.404. The number of benzene rings is 2. The number of ether oxygens (including phenoxy) is 2. The van der Waals surface area contributed by atoms with Crippen molar-refractivity contribution in [3.05, 3.63) is 58.2 Å². The van der Waals surface area contributed by atoms with Crippen molar-refractivity contribution in [2.24, 2.45) is 10.1 Å². The molecule has 0 aliphatic rings. The van der Waals surface area contributed by atoms with Gasteiger partial charge in [0.15, 0.2) is 0 Å². The maximum Gasteiger partial charge on any atom is 0.206 e. The summed E-state index contributed by atoms with van der Waals surface area (Å²) in [6.07, 6.45) is 0. The third-order valence-electron chi connectivity index (χ3n) is 4.20. The number of thiazole rings is 1. The molecule has 0 saturated heterocycles. The van der Waals surface area contributed by atoms with Crippen LogP contribution in [0.1, 0.15) is 19.4 Å². The second-order valence-electron chi connectivity index (χ2n) is 5.99. The molecular formula is C21H23N3O3S. The van der Waals surface area contributed by atoms with Gasteiger partial charge in [0.25, 0.3) is 0 Å². The maximum absolute atomic E-state index is 9.52. The molecular weight excluding hydrogens is 374 g/mol. The fourth-order valence-corrected chi connectivity index (χ4v) is 3.64. The Balaban J connectivity index is 2.19. The molecule has 0 aliphatic heterocycles. The first-order valence-corrected chi connectivity index (χ1v) is 9.73. The van der Waals surface area contributed by atoms with Crippen molar-refractivity contribution in [3.8, 4) is 28.5 Å². The minimum atomic E-state index is 0.225. The van der Waals surface area contributed by atoms with Crippen molar-refractivity contribution in [1.82, 2.24) is 4.68 Å². The predicted octanol–water partition coefficient (Wildman–Crippen LogP) is 4.13. The summed E-state index contributed by atoms with van der Waals surface area (Å²) in [5.74, 6) is 1.69. The van der Waals surface area contributed by atoms with E-state index in [-0.39, 0.29) is 5.75 Å². The summed E-state index contributed by atoms with van der Waals surface area (Å²) in [5, 5.41) is 16.4. The largest absolute Gasteiger partial charge is 0.508 e. The minimum absolute atomic E-state index is 0.225. The van der Waals surface area contributed by atoms with E-state index in [1.165, 1.54) is 11.3 Å². The molecule has 0 fully saturated rings. The van der Waals surface area contributed by atoms with Gasteiger partial charge in [-0.2, -0.15) is 5.10 Å². The van der Waals surface area contributed by atoms with Crippen LogP contribution < -0.4 is 14.3 Å². The molecule has 1 N–H and O–H groups in total. The number of aromatic nitrogens is 1. The lowest BCUT2D eigenvalue weighted by Crippen LogP contribution is -2.14. The lowest BCUT2D eigenvalue weighted by Gasteiger charge is -2.11. The fourth-order valence-electron chi connectivity index (χ4n) is 2.75. The van der Waals surface area contributed by atoms with Crippen LogP contribution in [0.5, 0.6) is 17.2 Å². The Morgan fingerprint density at radius 2 is 1.86 bits per heavy atom. The number of rotatable bonds is 6. The van der Waals surface area contributed by atoms with Crippen molar-refractivity contribution in [2.75, 3.05) is 20.8 Å². The average molecular weight is 398 g/mol. The Hall–Kier alpha value is -3.06. The second-order valence-corrected chi connectivity index (χ2v) is 6.82. The SMILES string of the molecule is CCN=c1scc(-c2cc(OC)ccc2OC)n1N=C(C)c1ccc(O)cc1. The van der Waals surface area contributed by atoms with E-state index in [0.717, 1.165) is 38.8 Å².